The Morgan fingerprint density at radius 1 is 0.304 bits per heavy atom. The first-order valence-corrected chi connectivity index (χ1v) is 29.8. The van der Waals surface area contributed by atoms with Crippen molar-refractivity contribution in [3.63, 3.8) is 0 Å². The van der Waals surface area contributed by atoms with E-state index >= 15 is 0 Å². The van der Waals surface area contributed by atoms with Gasteiger partial charge in [0.2, 0.25) is 0 Å². The van der Waals surface area contributed by atoms with E-state index in [0.717, 1.165) is 96.3 Å². The molecule has 0 aliphatic heterocycles. The molecule has 0 rings (SSSR count). The van der Waals surface area contributed by atoms with Gasteiger partial charge in [0, 0.05) is 19.3 Å². The van der Waals surface area contributed by atoms with Crippen molar-refractivity contribution in [1.82, 2.24) is 0 Å². The monoisotopic (exact) mass is 965 g/mol. The van der Waals surface area contributed by atoms with Crippen molar-refractivity contribution < 1.29 is 28.6 Å². The molecule has 0 spiro atoms. The fourth-order valence-corrected chi connectivity index (χ4v) is 8.59. The Balaban J connectivity index is 4.38. The summed E-state index contributed by atoms with van der Waals surface area (Å²) < 4.78 is 16.9. The zero-order valence-corrected chi connectivity index (χ0v) is 45.8. The van der Waals surface area contributed by atoms with Crippen molar-refractivity contribution in [2.24, 2.45) is 0 Å². The Bertz CT molecular complexity index is 1250. The van der Waals surface area contributed by atoms with Gasteiger partial charge in [-0.1, -0.05) is 281 Å². The van der Waals surface area contributed by atoms with Gasteiger partial charge in [-0.3, -0.25) is 14.4 Å². The average Bonchev–Trinajstić information content (AvgIpc) is 3.35. The Kier molecular flexibility index (Phi) is 55.3. The van der Waals surface area contributed by atoms with E-state index in [4.69, 9.17) is 14.2 Å². The summed E-state index contributed by atoms with van der Waals surface area (Å²) in [6.07, 6.45) is 72.1. The first kappa shape index (κ1) is 66.1. The van der Waals surface area contributed by atoms with Crippen LogP contribution in [-0.2, 0) is 28.6 Å². The number of rotatable bonds is 54. The lowest BCUT2D eigenvalue weighted by molar-refractivity contribution is -0.167. The van der Waals surface area contributed by atoms with Crippen LogP contribution in [0.4, 0.5) is 0 Å². The van der Waals surface area contributed by atoms with Gasteiger partial charge in [0.15, 0.2) is 6.10 Å². The molecule has 0 aliphatic carbocycles. The second-order valence-electron chi connectivity index (χ2n) is 19.9. The maximum absolute atomic E-state index is 12.9. The Hall–Kier alpha value is -2.89. The third-order valence-electron chi connectivity index (χ3n) is 13.0. The number of carbonyl (C=O) groups is 3. The Morgan fingerprint density at radius 2 is 0.565 bits per heavy atom. The summed E-state index contributed by atoms with van der Waals surface area (Å²) in [4.78, 5) is 38.2. The molecule has 0 saturated carbocycles. The first-order valence-electron chi connectivity index (χ1n) is 29.8. The summed E-state index contributed by atoms with van der Waals surface area (Å²) in [7, 11) is 0. The van der Waals surface area contributed by atoms with Crippen LogP contribution in [0.15, 0.2) is 60.8 Å². The van der Waals surface area contributed by atoms with Crippen LogP contribution >= 0.6 is 0 Å². The van der Waals surface area contributed by atoms with Crippen LogP contribution in [-0.4, -0.2) is 37.2 Å². The number of esters is 3. The van der Waals surface area contributed by atoms with E-state index in [0.29, 0.717) is 19.3 Å². The number of carbonyl (C=O) groups excluding carboxylic acids is 3. The molecular weight excluding hydrogens is 853 g/mol. The molecule has 0 aromatic rings. The summed E-state index contributed by atoms with van der Waals surface area (Å²) in [5.41, 5.74) is 0. The average molecular weight is 966 g/mol. The van der Waals surface area contributed by atoms with Gasteiger partial charge in [0.05, 0.1) is 0 Å². The summed E-state index contributed by atoms with van der Waals surface area (Å²) >= 11 is 0. The topological polar surface area (TPSA) is 78.9 Å². The highest BCUT2D eigenvalue weighted by Gasteiger charge is 2.19. The molecule has 0 aromatic heterocycles. The van der Waals surface area contributed by atoms with Gasteiger partial charge in [-0.15, -0.1) is 0 Å². The lowest BCUT2D eigenvalue weighted by atomic mass is 10.0. The molecule has 0 N–H and O–H groups in total. The van der Waals surface area contributed by atoms with Crippen LogP contribution in [0.1, 0.15) is 303 Å². The zero-order chi connectivity index (χ0) is 50.0. The minimum absolute atomic E-state index is 0.0806. The predicted molar refractivity (Wildman–Crippen MR) is 298 cm³/mol. The second-order valence-corrected chi connectivity index (χ2v) is 19.9. The molecule has 0 amide bonds. The van der Waals surface area contributed by atoms with Crippen molar-refractivity contribution in [1.29, 1.82) is 0 Å². The van der Waals surface area contributed by atoms with Gasteiger partial charge in [0.1, 0.15) is 13.2 Å². The van der Waals surface area contributed by atoms with Crippen molar-refractivity contribution >= 4 is 17.9 Å². The minimum atomic E-state index is -0.785. The van der Waals surface area contributed by atoms with E-state index < -0.39 is 6.10 Å². The highest BCUT2D eigenvalue weighted by molar-refractivity contribution is 5.71. The molecule has 0 aliphatic rings. The molecule has 69 heavy (non-hydrogen) atoms. The maximum Gasteiger partial charge on any atom is 0.306 e. The van der Waals surface area contributed by atoms with E-state index in [2.05, 4.69) is 81.5 Å². The van der Waals surface area contributed by atoms with E-state index in [1.807, 2.05) is 0 Å². The largest absolute Gasteiger partial charge is 0.462 e. The number of ether oxygens (including phenoxy) is 3. The van der Waals surface area contributed by atoms with Gasteiger partial charge in [0.25, 0.3) is 0 Å². The lowest BCUT2D eigenvalue weighted by Gasteiger charge is -2.18. The molecule has 0 aromatic carbocycles. The van der Waals surface area contributed by atoms with E-state index in [9.17, 15) is 14.4 Å². The van der Waals surface area contributed by atoms with Gasteiger partial charge >= 0.3 is 17.9 Å². The fraction of sp³-hybridized carbons (Fsp3) is 0.794. The molecule has 0 fully saturated rings. The van der Waals surface area contributed by atoms with Crippen LogP contribution in [0.5, 0.6) is 0 Å². The van der Waals surface area contributed by atoms with Crippen LogP contribution in [0.25, 0.3) is 0 Å². The highest BCUT2D eigenvalue weighted by atomic mass is 16.6. The lowest BCUT2D eigenvalue weighted by Crippen LogP contribution is -2.30. The molecule has 6 heteroatoms. The van der Waals surface area contributed by atoms with Gasteiger partial charge < -0.3 is 14.2 Å². The quantitative estimate of drug-likeness (QED) is 0.0262. The second kappa shape index (κ2) is 57.7. The first-order chi connectivity index (χ1) is 34.0. The van der Waals surface area contributed by atoms with Gasteiger partial charge in [-0.25, -0.2) is 0 Å². The smallest absolute Gasteiger partial charge is 0.306 e. The minimum Gasteiger partial charge on any atom is -0.462 e. The standard InChI is InChI=1S/C63H112O6/c1-4-7-10-13-16-19-22-25-27-29-31-33-35-38-41-44-47-50-53-56-62(65)68-59-60(58-67-61(64)55-52-49-46-43-40-37-24-21-18-15-12-9-6-3)69-63(66)57-54-51-48-45-42-39-36-34-32-30-28-26-23-20-17-14-11-8-5-2/h7,10,16,19,25,27,31,33,38,41,60H,4-6,8-9,11-15,17-18,20-24,26,28-30,32,34-37,39-40,42-59H2,1-3H3/b10-7+,19-16+,27-25+,33-31+,41-38+/t60-/m1/s1. The normalized spacial score (nSPS) is 12.4. The van der Waals surface area contributed by atoms with Crippen LogP contribution < -0.4 is 0 Å². The molecule has 0 bridgehead atoms. The molecule has 1 atom stereocenters. The highest BCUT2D eigenvalue weighted by Crippen LogP contribution is 2.17. The zero-order valence-electron chi connectivity index (χ0n) is 45.8. The summed E-state index contributed by atoms with van der Waals surface area (Å²) in [5.74, 6) is -0.898. The summed E-state index contributed by atoms with van der Waals surface area (Å²) in [5, 5.41) is 0. The number of hydrogen-bond acceptors (Lipinski definition) is 6. The Morgan fingerprint density at radius 3 is 0.884 bits per heavy atom. The molecule has 0 heterocycles. The summed E-state index contributed by atoms with van der Waals surface area (Å²) in [6.45, 7) is 6.54. The third kappa shape index (κ3) is 55.9. The maximum atomic E-state index is 12.9. The van der Waals surface area contributed by atoms with Gasteiger partial charge in [-0.05, 0) is 64.2 Å². The van der Waals surface area contributed by atoms with Crippen LogP contribution in [0.3, 0.4) is 0 Å². The molecule has 400 valence electrons. The van der Waals surface area contributed by atoms with Crippen LogP contribution in [0, 0.1) is 0 Å². The van der Waals surface area contributed by atoms with E-state index in [1.54, 1.807) is 0 Å². The Labute approximate surface area is 428 Å². The third-order valence-corrected chi connectivity index (χ3v) is 13.0. The van der Waals surface area contributed by atoms with Crippen molar-refractivity contribution in [2.75, 3.05) is 13.2 Å². The fourth-order valence-electron chi connectivity index (χ4n) is 8.59. The molecule has 0 unspecified atom stereocenters. The van der Waals surface area contributed by atoms with E-state index in [1.165, 1.54) is 167 Å². The number of allylic oxidation sites excluding steroid dienone is 10. The molecular formula is C63H112O6. The van der Waals surface area contributed by atoms with Crippen molar-refractivity contribution in [3.05, 3.63) is 60.8 Å². The molecule has 0 radical (unpaired) electrons. The predicted octanol–water partition coefficient (Wildman–Crippen LogP) is 20.0. The molecule has 0 saturated heterocycles. The van der Waals surface area contributed by atoms with Crippen molar-refractivity contribution in [3.8, 4) is 0 Å². The molecule has 6 nitrogen and oxygen atoms in total. The van der Waals surface area contributed by atoms with Gasteiger partial charge in [-0.2, -0.15) is 0 Å². The van der Waals surface area contributed by atoms with Crippen LogP contribution in [0.2, 0.25) is 0 Å². The summed E-state index contributed by atoms with van der Waals surface area (Å²) in [6, 6.07) is 0. The van der Waals surface area contributed by atoms with E-state index in [-0.39, 0.29) is 31.1 Å². The van der Waals surface area contributed by atoms with Crippen molar-refractivity contribution in [2.45, 2.75) is 309 Å². The number of unbranched alkanes of at least 4 members (excludes halogenated alkanes) is 33. The number of hydrogen-bond donors (Lipinski definition) is 0. The SMILES string of the molecule is CC/C=C/C/C=C/C/C=C/C/C=C/C/C=C/CCCCCC(=O)OC[C@@H](COC(=O)CCCCCCCCCCCCCCC)OC(=O)CCCCCCCCCCCCCCCCCCCCC.